The number of nitrogens with two attached hydrogens (primary N) is 2. The summed E-state index contributed by atoms with van der Waals surface area (Å²) in [6.07, 6.45) is 4.84. The summed E-state index contributed by atoms with van der Waals surface area (Å²) in [5.41, 5.74) is 12.7. The fraction of sp³-hybridized carbons (Fsp3) is 0.324. The van der Waals surface area contributed by atoms with Crippen LogP contribution >= 0.6 is 0 Å². The molecular weight excluding hydrogens is 586 g/mol. The van der Waals surface area contributed by atoms with Gasteiger partial charge < -0.3 is 20.8 Å². The first-order valence-electron chi connectivity index (χ1n) is 15.0. The lowest BCUT2D eigenvalue weighted by molar-refractivity contribution is 0.0905. The minimum atomic E-state index is -1.44. The molecule has 45 heavy (non-hydrogen) atoms. The number of pyridine rings is 2. The second-order valence-electron chi connectivity index (χ2n) is 11.8. The Morgan fingerprint density at radius 2 is 1.93 bits per heavy atom. The van der Waals surface area contributed by atoms with E-state index in [1.54, 1.807) is 47.9 Å². The predicted molar refractivity (Wildman–Crippen MR) is 178 cm³/mol. The molecule has 1 aliphatic heterocycles. The van der Waals surface area contributed by atoms with Crippen molar-refractivity contribution < 1.29 is 13.7 Å². The summed E-state index contributed by atoms with van der Waals surface area (Å²) < 4.78 is 21.3. The summed E-state index contributed by atoms with van der Waals surface area (Å²) >= 11 is 0. The van der Waals surface area contributed by atoms with Crippen LogP contribution in [0.25, 0.3) is 0 Å². The molecule has 1 amide bonds. The van der Waals surface area contributed by atoms with Crippen LogP contribution in [0.1, 0.15) is 64.9 Å². The smallest absolute Gasteiger partial charge is 0.253 e. The van der Waals surface area contributed by atoms with Gasteiger partial charge in [-0.1, -0.05) is 24.3 Å². The fourth-order valence-corrected chi connectivity index (χ4v) is 7.07. The molecule has 2 aromatic carbocycles. The SMILES string of the molecule is CCN(N)c1ccc(C(c2ccc(C)c(CN3CCOc4ncccc4S3=O)c2)C(C)(C)NC(=O)c2cccnc2)c(C)c1N. The Bertz CT molecular complexity index is 1710. The third-order valence-electron chi connectivity index (χ3n) is 8.37. The van der Waals surface area contributed by atoms with Crippen molar-refractivity contribution >= 4 is 28.3 Å². The number of hydrogen-bond donors (Lipinski definition) is 3. The van der Waals surface area contributed by atoms with Crippen LogP contribution < -0.4 is 26.6 Å². The van der Waals surface area contributed by atoms with E-state index in [-0.39, 0.29) is 11.8 Å². The normalized spacial score (nSPS) is 15.8. The van der Waals surface area contributed by atoms with Crippen molar-refractivity contribution in [3.63, 3.8) is 0 Å². The van der Waals surface area contributed by atoms with Crippen LogP contribution in [0.4, 0.5) is 11.4 Å². The van der Waals surface area contributed by atoms with E-state index in [9.17, 15) is 9.00 Å². The molecule has 5 N–H and O–H groups in total. The molecule has 0 aliphatic carbocycles. The van der Waals surface area contributed by atoms with Crippen molar-refractivity contribution in [3.05, 3.63) is 107 Å². The van der Waals surface area contributed by atoms with Crippen LogP contribution in [0.2, 0.25) is 0 Å². The summed E-state index contributed by atoms with van der Waals surface area (Å²) in [5.74, 6) is 6.13. The van der Waals surface area contributed by atoms with Gasteiger partial charge in [-0.15, -0.1) is 0 Å². The number of hydrazine groups is 1. The Morgan fingerprint density at radius 3 is 2.67 bits per heavy atom. The molecule has 0 spiro atoms. The highest BCUT2D eigenvalue weighted by Gasteiger charge is 2.36. The van der Waals surface area contributed by atoms with Crippen LogP contribution in [0.15, 0.2) is 78.1 Å². The van der Waals surface area contributed by atoms with Gasteiger partial charge in [0.25, 0.3) is 5.91 Å². The number of benzene rings is 2. The molecule has 2 atom stereocenters. The lowest BCUT2D eigenvalue weighted by Gasteiger charge is -2.38. The third kappa shape index (κ3) is 6.70. The van der Waals surface area contributed by atoms with Crippen molar-refractivity contribution in [1.29, 1.82) is 0 Å². The molecule has 2 unspecified atom stereocenters. The number of fused-ring (bicyclic) bond motifs is 1. The predicted octanol–water partition coefficient (Wildman–Crippen LogP) is 4.63. The molecule has 1 aliphatic rings. The number of nitrogens with zero attached hydrogens (tertiary/aromatic N) is 4. The lowest BCUT2D eigenvalue weighted by atomic mass is 9.74. The zero-order valence-corrected chi connectivity index (χ0v) is 27.2. The molecule has 0 bridgehead atoms. The highest BCUT2D eigenvalue weighted by atomic mass is 32.2. The van der Waals surface area contributed by atoms with Gasteiger partial charge in [0.1, 0.15) is 22.5 Å². The van der Waals surface area contributed by atoms with Gasteiger partial charge in [0.15, 0.2) is 0 Å². The van der Waals surface area contributed by atoms with Crippen molar-refractivity contribution in [2.75, 3.05) is 30.4 Å². The molecule has 4 aromatic rings. The van der Waals surface area contributed by atoms with E-state index < -0.39 is 16.5 Å². The van der Waals surface area contributed by atoms with Gasteiger partial charge >= 0.3 is 0 Å². The van der Waals surface area contributed by atoms with Crippen LogP contribution in [0.3, 0.4) is 0 Å². The van der Waals surface area contributed by atoms with Crippen molar-refractivity contribution in [1.82, 2.24) is 19.6 Å². The minimum absolute atomic E-state index is 0.223. The standard InChI is InChI=1S/C34H41N7O3S/c1-6-41(36)28-14-13-27(23(3)31(28)35)30(34(4,5)39-32(42)25-9-7-15-37-20-25)24-12-11-22(2)26(19-24)21-40-17-18-44-33-29(45(40)43)10-8-16-38-33/h7-16,19-20,30H,6,17-18,21,35-36H2,1-5H3,(H,39,42). The molecule has 10 nitrogen and oxygen atoms in total. The molecule has 3 heterocycles. The van der Waals surface area contributed by atoms with Gasteiger partial charge in [0, 0.05) is 49.7 Å². The van der Waals surface area contributed by atoms with E-state index in [1.807, 2.05) is 44.1 Å². The van der Waals surface area contributed by atoms with Gasteiger partial charge in [0.05, 0.1) is 16.9 Å². The molecule has 0 radical (unpaired) electrons. The van der Waals surface area contributed by atoms with E-state index in [1.165, 1.54) is 0 Å². The number of hydrogen-bond acceptors (Lipinski definition) is 8. The topological polar surface area (TPSA) is 140 Å². The van der Waals surface area contributed by atoms with Crippen LogP contribution in [-0.4, -0.2) is 49.6 Å². The average molecular weight is 628 g/mol. The largest absolute Gasteiger partial charge is 0.475 e. The zero-order valence-electron chi connectivity index (χ0n) is 26.4. The number of nitrogen functional groups attached to an aromatic ring is 1. The van der Waals surface area contributed by atoms with E-state index >= 15 is 0 Å². The first kappa shape index (κ1) is 32.1. The van der Waals surface area contributed by atoms with Gasteiger partial charge in [-0.3, -0.25) is 9.78 Å². The summed E-state index contributed by atoms with van der Waals surface area (Å²) in [4.78, 5) is 22.4. The summed E-state index contributed by atoms with van der Waals surface area (Å²) in [6, 6.07) is 17.4. The fourth-order valence-electron chi connectivity index (χ4n) is 5.84. The monoisotopic (exact) mass is 627 g/mol. The summed E-state index contributed by atoms with van der Waals surface area (Å²) in [7, 11) is -1.44. The zero-order chi connectivity index (χ0) is 32.3. The molecule has 2 aromatic heterocycles. The van der Waals surface area contributed by atoms with Crippen molar-refractivity contribution in [2.45, 2.75) is 57.5 Å². The number of aryl methyl sites for hydroxylation is 1. The van der Waals surface area contributed by atoms with Crippen molar-refractivity contribution in [2.24, 2.45) is 5.84 Å². The Hall–Kier alpha value is -4.32. The van der Waals surface area contributed by atoms with E-state index in [0.717, 1.165) is 33.5 Å². The van der Waals surface area contributed by atoms with Gasteiger partial charge in [0.2, 0.25) is 5.88 Å². The number of anilines is 2. The second-order valence-corrected chi connectivity index (χ2v) is 13.3. The van der Waals surface area contributed by atoms with Gasteiger partial charge in [-0.2, -0.15) is 0 Å². The van der Waals surface area contributed by atoms with E-state index in [2.05, 4.69) is 40.4 Å². The number of aromatic nitrogens is 2. The summed E-state index contributed by atoms with van der Waals surface area (Å²) in [5, 5.41) is 4.89. The quantitative estimate of drug-likeness (QED) is 0.139. The van der Waals surface area contributed by atoms with Crippen LogP contribution in [0.5, 0.6) is 5.88 Å². The Labute approximate surface area is 267 Å². The van der Waals surface area contributed by atoms with Gasteiger partial charge in [-0.05, 0) is 92.8 Å². The van der Waals surface area contributed by atoms with E-state index in [0.29, 0.717) is 48.3 Å². The summed E-state index contributed by atoms with van der Waals surface area (Å²) in [6.45, 7) is 11.9. The molecule has 0 saturated heterocycles. The second kappa shape index (κ2) is 13.4. The first-order valence-corrected chi connectivity index (χ1v) is 16.1. The number of nitrogens with one attached hydrogen (secondary N) is 1. The molecule has 0 fully saturated rings. The number of carbonyl (C=O) groups excluding carboxylic acids is 1. The first-order chi connectivity index (χ1) is 21.5. The molecule has 236 valence electrons. The highest BCUT2D eigenvalue weighted by Crippen LogP contribution is 2.41. The highest BCUT2D eigenvalue weighted by molar-refractivity contribution is 7.82. The Kier molecular flexibility index (Phi) is 9.52. The number of ether oxygens (including phenoxy) is 1. The lowest BCUT2D eigenvalue weighted by Crippen LogP contribution is -2.48. The maximum absolute atomic E-state index is 13.6. The number of amides is 1. The maximum atomic E-state index is 13.6. The molecule has 11 heteroatoms. The van der Waals surface area contributed by atoms with Crippen LogP contribution in [-0.2, 0) is 17.5 Å². The van der Waals surface area contributed by atoms with Crippen LogP contribution in [0, 0.1) is 13.8 Å². The van der Waals surface area contributed by atoms with E-state index in [4.69, 9.17) is 16.3 Å². The van der Waals surface area contributed by atoms with Gasteiger partial charge in [-0.25, -0.2) is 19.3 Å². The molecular formula is C34H41N7O3S. The minimum Gasteiger partial charge on any atom is -0.475 e. The molecule has 0 saturated carbocycles. The third-order valence-corrected chi connectivity index (χ3v) is 9.84. The number of rotatable bonds is 9. The van der Waals surface area contributed by atoms with Crippen molar-refractivity contribution in [3.8, 4) is 5.88 Å². The number of carbonyl (C=O) groups is 1. The maximum Gasteiger partial charge on any atom is 0.253 e. The molecule has 5 rings (SSSR count). The Morgan fingerprint density at radius 1 is 1.16 bits per heavy atom. The Balaban J connectivity index is 1.57. The average Bonchev–Trinajstić information content (AvgIpc) is 3.19.